The molecule has 1 aromatic carbocycles. The SMILES string of the molecule is CC(CNc1ccc2c(c1)c(-c1ccc(Cl)s1)nn2C(C)C)C(=O)O. The number of rotatable bonds is 6. The third-order valence-electron chi connectivity index (χ3n) is 4.04. The quantitative estimate of drug-likeness (QED) is 0.624. The van der Waals surface area contributed by atoms with E-state index in [4.69, 9.17) is 21.8 Å². The second kappa shape index (κ2) is 7.06. The van der Waals surface area contributed by atoms with Crippen molar-refractivity contribution in [2.45, 2.75) is 26.8 Å². The molecular formula is C18H20ClN3O2S. The molecule has 0 aliphatic rings. The highest BCUT2D eigenvalue weighted by Crippen LogP contribution is 2.36. The zero-order valence-electron chi connectivity index (χ0n) is 14.3. The smallest absolute Gasteiger partial charge is 0.308 e. The molecule has 1 atom stereocenters. The third-order valence-corrected chi connectivity index (χ3v) is 5.27. The summed E-state index contributed by atoms with van der Waals surface area (Å²) in [5.41, 5.74) is 2.83. The maximum absolute atomic E-state index is 11.0. The van der Waals surface area contributed by atoms with E-state index in [1.54, 1.807) is 6.92 Å². The van der Waals surface area contributed by atoms with E-state index >= 15 is 0 Å². The van der Waals surface area contributed by atoms with E-state index in [0.717, 1.165) is 31.5 Å². The molecule has 0 fully saturated rings. The number of nitrogens with one attached hydrogen (secondary N) is 1. The molecule has 2 N–H and O–H groups in total. The Labute approximate surface area is 155 Å². The molecule has 1 unspecified atom stereocenters. The number of carbonyl (C=O) groups is 1. The van der Waals surface area contributed by atoms with Crippen LogP contribution in [0, 0.1) is 5.92 Å². The Morgan fingerprint density at radius 3 is 2.68 bits per heavy atom. The van der Waals surface area contributed by atoms with Gasteiger partial charge in [-0.3, -0.25) is 9.48 Å². The van der Waals surface area contributed by atoms with Gasteiger partial charge in [0.25, 0.3) is 0 Å². The summed E-state index contributed by atoms with van der Waals surface area (Å²) in [4.78, 5) is 12.0. The van der Waals surface area contributed by atoms with Gasteiger partial charge >= 0.3 is 5.97 Å². The summed E-state index contributed by atoms with van der Waals surface area (Å²) < 4.78 is 2.73. The second-order valence-electron chi connectivity index (χ2n) is 6.34. The summed E-state index contributed by atoms with van der Waals surface area (Å²) in [5.74, 6) is -1.26. The van der Waals surface area contributed by atoms with Crippen molar-refractivity contribution < 1.29 is 9.90 Å². The minimum atomic E-state index is -0.810. The fourth-order valence-electron chi connectivity index (χ4n) is 2.63. The zero-order chi connectivity index (χ0) is 18.1. The number of aliphatic carboxylic acids is 1. The van der Waals surface area contributed by atoms with E-state index in [9.17, 15) is 4.79 Å². The van der Waals surface area contributed by atoms with Crippen molar-refractivity contribution in [3.05, 3.63) is 34.7 Å². The van der Waals surface area contributed by atoms with Gasteiger partial charge in [-0.25, -0.2) is 0 Å². The lowest BCUT2D eigenvalue weighted by molar-refractivity contribution is -0.140. The van der Waals surface area contributed by atoms with Crippen LogP contribution >= 0.6 is 22.9 Å². The van der Waals surface area contributed by atoms with Crippen LogP contribution in [0.25, 0.3) is 21.5 Å². The van der Waals surface area contributed by atoms with Crippen molar-refractivity contribution in [1.82, 2.24) is 9.78 Å². The molecular weight excluding hydrogens is 358 g/mol. The Hall–Kier alpha value is -2.05. The van der Waals surface area contributed by atoms with Crippen molar-refractivity contribution in [2.75, 3.05) is 11.9 Å². The minimum Gasteiger partial charge on any atom is -0.481 e. The molecule has 0 amide bonds. The van der Waals surface area contributed by atoms with Crippen molar-refractivity contribution in [3.8, 4) is 10.6 Å². The van der Waals surface area contributed by atoms with Gasteiger partial charge in [0.1, 0.15) is 5.69 Å². The highest BCUT2D eigenvalue weighted by atomic mass is 35.5. The van der Waals surface area contributed by atoms with E-state index in [1.807, 2.05) is 35.0 Å². The number of fused-ring (bicyclic) bond motifs is 1. The van der Waals surface area contributed by atoms with Gasteiger partial charge in [0.2, 0.25) is 0 Å². The van der Waals surface area contributed by atoms with Crippen LogP contribution in [0.1, 0.15) is 26.8 Å². The predicted octanol–water partition coefficient (Wildman–Crippen LogP) is 5.13. The van der Waals surface area contributed by atoms with Gasteiger partial charge < -0.3 is 10.4 Å². The van der Waals surface area contributed by atoms with Gasteiger partial charge in [-0.1, -0.05) is 18.5 Å². The lowest BCUT2D eigenvalue weighted by atomic mass is 10.1. The fourth-order valence-corrected chi connectivity index (χ4v) is 3.67. The van der Waals surface area contributed by atoms with Crippen LogP contribution in [0.4, 0.5) is 5.69 Å². The van der Waals surface area contributed by atoms with Crippen molar-refractivity contribution >= 4 is 45.5 Å². The largest absolute Gasteiger partial charge is 0.481 e. The summed E-state index contributed by atoms with van der Waals surface area (Å²) in [6.45, 7) is 6.25. The third kappa shape index (κ3) is 3.65. The molecule has 0 spiro atoms. The van der Waals surface area contributed by atoms with Crippen molar-refractivity contribution in [3.63, 3.8) is 0 Å². The number of nitrogens with zero attached hydrogens (tertiary/aromatic N) is 2. The topological polar surface area (TPSA) is 67.2 Å². The van der Waals surface area contributed by atoms with Gasteiger partial charge in [-0.15, -0.1) is 11.3 Å². The van der Waals surface area contributed by atoms with Crippen LogP contribution in [0.3, 0.4) is 0 Å². The van der Waals surface area contributed by atoms with E-state index in [2.05, 4.69) is 19.2 Å². The van der Waals surface area contributed by atoms with Crippen molar-refractivity contribution in [1.29, 1.82) is 0 Å². The van der Waals surface area contributed by atoms with Crippen LogP contribution in [0.5, 0.6) is 0 Å². The number of hydrogen-bond acceptors (Lipinski definition) is 4. The number of benzene rings is 1. The Balaban J connectivity index is 2.03. The van der Waals surface area contributed by atoms with E-state index in [0.29, 0.717) is 6.54 Å². The van der Waals surface area contributed by atoms with Crippen LogP contribution in [0.15, 0.2) is 30.3 Å². The van der Waals surface area contributed by atoms with E-state index in [-0.39, 0.29) is 6.04 Å². The first kappa shape index (κ1) is 17.8. The van der Waals surface area contributed by atoms with Crippen LogP contribution in [-0.4, -0.2) is 27.4 Å². The normalized spacial score (nSPS) is 12.7. The molecule has 0 saturated carbocycles. The van der Waals surface area contributed by atoms with E-state index < -0.39 is 11.9 Å². The number of carboxylic acids is 1. The number of thiophene rings is 1. The maximum Gasteiger partial charge on any atom is 0.308 e. The first-order valence-electron chi connectivity index (χ1n) is 8.11. The summed E-state index contributed by atoms with van der Waals surface area (Å²) in [6.07, 6.45) is 0. The number of hydrogen-bond donors (Lipinski definition) is 2. The van der Waals surface area contributed by atoms with Gasteiger partial charge in [-0.2, -0.15) is 5.10 Å². The standard InChI is InChI=1S/C18H20ClN3O2S/c1-10(2)22-14-5-4-12(20-9-11(3)18(23)24)8-13(14)17(21-22)15-6-7-16(19)25-15/h4-8,10-11,20H,9H2,1-3H3,(H,23,24). The van der Waals surface area contributed by atoms with Gasteiger partial charge in [0.15, 0.2) is 0 Å². The highest BCUT2D eigenvalue weighted by molar-refractivity contribution is 7.19. The second-order valence-corrected chi connectivity index (χ2v) is 8.06. The molecule has 0 aliphatic heterocycles. The zero-order valence-corrected chi connectivity index (χ0v) is 15.9. The van der Waals surface area contributed by atoms with Crippen LogP contribution in [0.2, 0.25) is 4.34 Å². The molecule has 25 heavy (non-hydrogen) atoms. The molecule has 5 nitrogen and oxygen atoms in total. The molecule has 3 rings (SSSR count). The average molecular weight is 378 g/mol. The first-order valence-corrected chi connectivity index (χ1v) is 9.31. The lowest BCUT2D eigenvalue weighted by Crippen LogP contribution is -2.19. The fraction of sp³-hybridized carbons (Fsp3) is 0.333. The number of aromatic nitrogens is 2. The average Bonchev–Trinajstić information content (AvgIpc) is 3.15. The lowest BCUT2D eigenvalue weighted by Gasteiger charge is -2.10. The Morgan fingerprint density at radius 1 is 1.32 bits per heavy atom. The molecule has 7 heteroatoms. The predicted molar refractivity (Wildman–Crippen MR) is 104 cm³/mol. The number of carboxylic acid groups (broad SMARTS) is 1. The molecule has 2 aromatic heterocycles. The van der Waals surface area contributed by atoms with Crippen LogP contribution < -0.4 is 5.32 Å². The molecule has 2 heterocycles. The first-order chi connectivity index (χ1) is 11.9. The number of anilines is 1. The molecule has 0 saturated heterocycles. The summed E-state index contributed by atoms with van der Waals surface area (Å²) in [6, 6.07) is 10.1. The van der Waals surface area contributed by atoms with Gasteiger partial charge in [0.05, 0.1) is 20.6 Å². The van der Waals surface area contributed by atoms with Gasteiger partial charge in [0, 0.05) is 23.7 Å². The van der Waals surface area contributed by atoms with Gasteiger partial charge in [-0.05, 0) is 44.2 Å². The van der Waals surface area contributed by atoms with E-state index in [1.165, 1.54) is 11.3 Å². The molecule has 0 radical (unpaired) electrons. The molecule has 132 valence electrons. The monoisotopic (exact) mass is 377 g/mol. The van der Waals surface area contributed by atoms with Crippen LogP contribution in [-0.2, 0) is 4.79 Å². The summed E-state index contributed by atoms with van der Waals surface area (Å²) >= 11 is 7.59. The summed E-state index contributed by atoms with van der Waals surface area (Å²) in [7, 11) is 0. The van der Waals surface area contributed by atoms with Crippen molar-refractivity contribution in [2.24, 2.45) is 5.92 Å². The maximum atomic E-state index is 11.0. The Morgan fingerprint density at radius 2 is 2.08 bits per heavy atom. The minimum absolute atomic E-state index is 0.234. The highest BCUT2D eigenvalue weighted by Gasteiger charge is 2.17. The Bertz CT molecular complexity index is 916. The number of halogens is 1. The molecule has 3 aromatic rings. The molecule has 0 aliphatic carbocycles. The summed E-state index contributed by atoms with van der Waals surface area (Å²) in [5, 5.41) is 18.0. The molecule has 0 bridgehead atoms. The Kier molecular flexibility index (Phi) is 5.01.